The smallest absolute Gasteiger partial charge is 0.330 e. The van der Waals surface area contributed by atoms with E-state index in [-0.39, 0.29) is 11.9 Å². The SMILES string of the molecule is CNS(=O)(=O)C[C@H]1O[C@@H](n2ccc(=O)[nH]c2=O)[C@H](OC)[C@@H]1OC(C)C. The average molecular weight is 377 g/mol. The average Bonchev–Trinajstić information content (AvgIpc) is 2.83. The maximum Gasteiger partial charge on any atom is 0.330 e. The summed E-state index contributed by atoms with van der Waals surface area (Å²) in [4.78, 5) is 25.5. The maximum atomic E-state index is 12.1. The lowest BCUT2D eigenvalue weighted by Gasteiger charge is -2.25. The van der Waals surface area contributed by atoms with Crippen molar-refractivity contribution in [2.75, 3.05) is 19.9 Å². The molecule has 0 saturated carbocycles. The first-order valence-corrected chi connectivity index (χ1v) is 9.40. The first-order chi connectivity index (χ1) is 11.7. The fourth-order valence-corrected chi connectivity index (χ4v) is 3.59. The molecule has 0 aromatic carbocycles. The van der Waals surface area contributed by atoms with E-state index in [1.54, 1.807) is 13.8 Å². The minimum atomic E-state index is -3.58. The molecule has 2 heterocycles. The van der Waals surface area contributed by atoms with Crippen LogP contribution < -0.4 is 16.0 Å². The van der Waals surface area contributed by atoms with Crippen molar-refractivity contribution in [2.45, 2.75) is 44.5 Å². The van der Waals surface area contributed by atoms with E-state index in [9.17, 15) is 18.0 Å². The largest absolute Gasteiger partial charge is 0.374 e. The van der Waals surface area contributed by atoms with Gasteiger partial charge < -0.3 is 14.2 Å². The molecule has 2 N–H and O–H groups in total. The Morgan fingerprint density at radius 2 is 2.04 bits per heavy atom. The van der Waals surface area contributed by atoms with Crippen LogP contribution in [0.25, 0.3) is 0 Å². The normalized spacial score (nSPS) is 27.1. The predicted molar refractivity (Wildman–Crippen MR) is 88.9 cm³/mol. The van der Waals surface area contributed by atoms with Crippen LogP contribution in [0, 0.1) is 0 Å². The van der Waals surface area contributed by atoms with E-state index in [0.717, 1.165) is 4.57 Å². The quantitative estimate of drug-likeness (QED) is 0.610. The van der Waals surface area contributed by atoms with Crippen molar-refractivity contribution in [3.63, 3.8) is 0 Å². The van der Waals surface area contributed by atoms with Crippen LogP contribution in [0.4, 0.5) is 0 Å². The number of rotatable bonds is 7. The van der Waals surface area contributed by atoms with Crippen LogP contribution in [-0.2, 0) is 24.2 Å². The minimum absolute atomic E-state index is 0.211. The highest BCUT2D eigenvalue weighted by atomic mass is 32.2. The Hall–Kier alpha value is -1.53. The summed E-state index contributed by atoms with van der Waals surface area (Å²) in [5.41, 5.74) is -1.22. The molecule has 1 aliphatic rings. The number of sulfonamides is 1. The van der Waals surface area contributed by atoms with Gasteiger partial charge in [0.1, 0.15) is 18.3 Å². The van der Waals surface area contributed by atoms with Gasteiger partial charge in [0, 0.05) is 19.4 Å². The zero-order valence-electron chi connectivity index (χ0n) is 14.5. The van der Waals surface area contributed by atoms with Crippen LogP contribution in [0.2, 0.25) is 0 Å². The second-order valence-electron chi connectivity index (χ2n) is 5.92. The number of methoxy groups -OCH3 is 1. The number of nitrogens with one attached hydrogen (secondary N) is 2. The molecule has 0 radical (unpaired) electrons. The Morgan fingerprint density at radius 1 is 1.36 bits per heavy atom. The Bertz CT molecular complexity index is 801. The lowest BCUT2D eigenvalue weighted by Crippen LogP contribution is -2.42. The summed E-state index contributed by atoms with van der Waals surface area (Å²) in [6.45, 7) is 3.60. The molecule has 1 aromatic heterocycles. The van der Waals surface area contributed by atoms with Gasteiger partial charge in [0.25, 0.3) is 5.56 Å². The van der Waals surface area contributed by atoms with Crippen LogP contribution in [0.1, 0.15) is 20.1 Å². The summed E-state index contributed by atoms with van der Waals surface area (Å²) in [6.07, 6.45) is -2.17. The molecule has 0 aliphatic carbocycles. The Kier molecular flexibility index (Phi) is 6.16. The molecule has 2 rings (SSSR count). The van der Waals surface area contributed by atoms with Gasteiger partial charge in [-0.05, 0) is 20.9 Å². The molecule has 0 bridgehead atoms. The highest BCUT2D eigenvalue weighted by Gasteiger charge is 2.48. The summed E-state index contributed by atoms with van der Waals surface area (Å²) in [5.74, 6) is -0.352. The third-order valence-electron chi connectivity index (χ3n) is 3.81. The summed E-state index contributed by atoms with van der Waals surface area (Å²) in [6, 6.07) is 1.17. The number of nitrogens with zero attached hydrogens (tertiary/aromatic N) is 1. The van der Waals surface area contributed by atoms with Crippen LogP contribution in [0.3, 0.4) is 0 Å². The van der Waals surface area contributed by atoms with Gasteiger partial charge >= 0.3 is 5.69 Å². The summed E-state index contributed by atoms with van der Waals surface area (Å²) >= 11 is 0. The molecule has 0 spiro atoms. The number of hydrogen-bond donors (Lipinski definition) is 2. The van der Waals surface area contributed by atoms with Gasteiger partial charge in [0.05, 0.1) is 11.9 Å². The number of aromatic nitrogens is 2. The fraction of sp³-hybridized carbons (Fsp3) is 0.714. The van der Waals surface area contributed by atoms with Crippen molar-refractivity contribution in [3.8, 4) is 0 Å². The molecule has 1 saturated heterocycles. The van der Waals surface area contributed by atoms with Crippen molar-refractivity contribution >= 4 is 10.0 Å². The number of hydrogen-bond acceptors (Lipinski definition) is 7. The van der Waals surface area contributed by atoms with E-state index >= 15 is 0 Å². The first kappa shape index (κ1) is 19.8. The molecule has 1 aliphatic heterocycles. The highest BCUT2D eigenvalue weighted by Crippen LogP contribution is 2.33. The van der Waals surface area contributed by atoms with Crippen molar-refractivity contribution in [3.05, 3.63) is 33.1 Å². The zero-order chi connectivity index (χ0) is 18.8. The van der Waals surface area contributed by atoms with Crippen LogP contribution >= 0.6 is 0 Å². The van der Waals surface area contributed by atoms with Gasteiger partial charge in [-0.25, -0.2) is 17.9 Å². The molecule has 25 heavy (non-hydrogen) atoms. The monoisotopic (exact) mass is 377 g/mol. The molecule has 142 valence electrons. The second-order valence-corrected chi connectivity index (χ2v) is 7.89. The van der Waals surface area contributed by atoms with Gasteiger partial charge in [0.15, 0.2) is 6.23 Å². The molecular formula is C14H23N3O7S. The molecule has 10 nitrogen and oxygen atoms in total. The van der Waals surface area contributed by atoms with Gasteiger partial charge in [-0.3, -0.25) is 14.3 Å². The Balaban J connectivity index is 2.41. The predicted octanol–water partition coefficient (Wildman–Crippen LogP) is -1.21. The molecule has 11 heteroatoms. The molecule has 1 aromatic rings. The first-order valence-electron chi connectivity index (χ1n) is 7.75. The minimum Gasteiger partial charge on any atom is -0.374 e. The van der Waals surface area contributed by atoms with E-state index in [1.807, 2.05) is 0 Å². The van der Waals surface area contributed by atoms with E-state index < -0.39 is 45.8 Å². The fourth-order valence-electron chi connectivity index (χ4n) is 2.72. The summed E-state index contributed by atoms with van der Waals surface area (Å²) in [5, 5.41) is 0. The van der Waals surface area contributed by atoms with E-state index in [4.69, 9.17) is 14.2 Å². The highest BCUT2D eigenvalue weighted by molar-refractivity contribution is 7.89. The number of aromatic amines is 1. The van der Waals surface area contributed by atoms with Crippen molar-refractivity contribution in [1.29, 1.82) is 0 Å². The molecule has 0 amide bonds. The van der Waals surface area contributed by atoms with Gasteiger partial charge in [-0.2, -0.15) is 0 Å². The van der Waals surface area contributed by atoms with Crippen LogP contribution in [0.15, 0.2) is 21.9 Å². The summed E-state index contributed by atoms with van der Waals surface area (Å²) in [7, 11) is -0.856. The van der Waals surface area contributed by atoms with Crippen LogP contribution in [-0.4, -0.2) is 62.3 Å². The van der Waals surface area contributed by atoms with Crippen LogP contribution in [0.5, 0.6) is 0 Å². The van der Waals surface area contributed by atoms with Gasteiger partial charge in [-0.15, -0.1) is 0 Å². The second kappa shape index (κ2) is 7.79. The van der Waals surface area contributed by atoms with Crippen molar-refractivity contribution in [2.24, 2.45) is 0 Å². The van der Waals surface area contributed by atoms with E-state index in [0.29, 0.717) is 0 Å². The lowest BCUT2D eigenvalue weighted by molar-refractivity contribution is -0.0777. The Labute approximate surface area is 145 Å². The maximum absolute atomic E-state index is 12.1. The van der Waals surface area contributed by atoms with Gasteiger partial charge in [0.2, 0.25) is 10.0 Å². The zero-order valence-corrected chi connectivity index (χ0v) is 15.3. The van der Waals surface area contributed by atoms with Crippen molar-refractivity contribution in [1.82, 2.24) is 14.3 Å². The standard InChI is InChI=1S/C14H23N3O7S/c1-8(2)23-11-9(7-25(20,21)15-3)24-13(12(11)22-4)17-6-5-10(18)16-14(17)19/h5-6,8-9,11-13,15H,7H2,1-4H3,(H,16,18,19)/t9-,11-,12-,13-/m1/s1. The van der Waals surface area contributed by atoms with Gasteiger partial charge in [-0.1, -0.05) is 0 Å². The van der Waals surface area contributed by atoms with E-state index in [2.05, 4.69) is 9.71 Å². The summed E-state index contributed by atoms with van der Waals surface area (Å²) < 4.78 is 44.3. The molecule has 0 unspecified atom stereocenters. The third-order valence-corrected chi connectivity index (χ3v) is 5.20. The Morgan fingerprint density at radius 3 is 2.56 bits per heavy atom. The van der Waals surface area contributed by atoms with Crippen molar-refractivity contribution < 1.29 is 22.6 Å². The topological polar surface area (TPSA) is 129 Å². The number of ether oxygens (including phenoxy) is 3. The van der Waals surface area contributed by atoms with E-state index in [1.165, 1.54) is 26.4 Å². The third kappa shape index (κ3) is 4.55. The lowest BCUT2D eigenvalue weighted by atomic mass is 10.1. The number of H-pyrrole nitrogens is 1. The molecule has 1 fully saturated rings. The molecule has 4 atom stereocenters. The molecular weight excluding hydrogens is 354 g/mol.